The van der Waals surface area contributed by atoms with Crippen LogP contribution in [-0.2, 0) is 5.33 Å². The molecule has 1 aromatic rings. The number of hydrogen-bond acceptors (Lipinski definition) is 2. The molecule has 2 nitrogen and oxygen atoms in total. The summed E-state index contributed by atoms with van der Waals surface area (Å²) in [6, 6.07) is 7.40. The van der Waals surface area contributed by atoms with Crippen molar-refractivity contribution in [2.45, 2.75) is 31.1 Å². The van der Waals surface area contributed by atoms with Crippen molar-refractivity contribution in [3.8, 4) is 0 Å². The van der Waals surface area contributed by atoms with Gasteiger partial charge in [0, 0.05) is 30.7 Å². The lowest BCUT2D eigenvalue weighted by Gasteiger charge is -2.38. The maximum atomic E-state index is 3.61. The highest BCUT2D eigenvalue weighted by Crippen LogP contribution is 2.27. The maximum absolute atomic E-state index is 3.61. The van der Waals surface area contributed by atoms with Crippen LogP contribution in [0.15, 0.2) is 18.2 Å². The molecule has 1 aromatic carbocycles. The number of aryl methyl sites for hydroxylation is 1. The summed E-state index contributed by atoms with van der Waals surface area (Å²) in [6.45, 7) is 4.57. The largest absolute Gasteiger partial charge is 0.370 e. The first kappa shape index (κ1) is 13.9. The molecule has 1 saturated heterocycles. The first-order chi connectivity index (χ1) is 8.61. The highest BCUT2D eigenvalue weighted by atomic mass is 79.9. The van der Waals surface area contributed by atoms with E-state index in [1.807, 2.05) is 0 Å². The molecule has 0 radical (unpaired) electrons. The number of hydrogen-bond donors (Lipinski definition) is 0. The Morgan fingerprint density at radius 2 is 2.22 bits per heavy atom. The smallest absolute Gasteiger partial charge is 0.0414 e. The van der Waals surface area contributed by atoms with Crippen LogP contribution in [0.25, 0.3) is 0 Å². The molecule has 0 amide bonds. The van der Waals surface area contributed by atoms with Crippen molar-refractivity contribution < 1.29 is 0 Å². The van der Waals surface area contributed by atoms with Crippen molar-refractivity contribution in [2.75, 3.05) is 32.1 Å². The standard InChI is InChI=1S/C15H23BrN2/c1-12-6-7-15(13(9-12)10-16)18(3)14-5-4-8-17(2)11-14/h6-7,9,14H,4-5,8,10-11H2,1-3H3. The van der Waals surface area contributed by atoms with Gasteiger partial charge in [-0.2, -0.15) is 0 Å². The third-order valence-corrected chi connectivity index (χ3v) is 4.51. The number of rotatable bonds is 3. The van der Waals surface area contributed by atoms with Crippen molar-refractivity contribution in [1.29, 1.82) is 0 Å². The molecule has 100 valence electrons. The van der Waals surface area contributed by atoms with Gasteiger partial charge in [0.05, 0.1) is 0 Å². The molecule has 2 rings (SSSR count). The minimum absolute atomic E-state index is 0.643. The lowest BCUT2D eigenvalue weighted by Crippen LogP contribution is -2.45. The van der Waals surface area contributed by atoms with E-state index in [-0.39, 0.29) is 0 Å². The van der Waals surface area contributed by atoms with Crippen molar-refractivity contribution >= 4 is 21.6 Å². The molecule has 1 aliphatic rings. The topological polar surface area (TPSA) is 6.48 Å². The van der Waals surface area contributed by atoms with Crippen LogP contribution in [0, 0.1) is 6.92 Å². The fraction of sp³-hybridized carbons (Fsp3) is 0.600. The molecule has 1 atom stereocenters. The zero-order valence-corrected chi connectivity index (χ0v) is 13.2. The molecule has 0 saturated carbocycles. The van der Waals surface area contributed by atoms with E-state index < -0.39 is 0 Å². The van der Waals surface area contributed by atoms with E-state index in [2.05, 4.69) is 64.9 Å². The van der Waals surface area contributed by atoms with Gasteiger partial charge in [-0.25, -0.2) is 0 Å². The van der Waals surface area contributed by atoms with E-state index in [0.717, 1.165) is 5.33 Å². The van der Waals surface area contributed by atoms with Crippen LogP contribution in [0.5, 0.6) is 0 Å². The molecule has 1 unspecified atom stereocenters. The predicted octanol–water partition coefficient (Wildman–Crippen LogP) is 3.42. The fourth-order valence-corrected chi connectivity index (χ4v) is 3.27. The van der Waals surface area contributed by atoms with Gasteiger partial charge in [-0.3, -0.25) is 0 Å². The molecule has 0 bridgehead atoms. The predicted molar refractivity (Wildman–Crippen MR) is 82.7 cm³/mol. The van der Waals surface area contributed by atoms with Crippen LogP contribution in [0.1, 0.15) is 24.0 Å². The van der Waals surface area contributed by atoms with Crippen molar-refractivity contribution in [3.05, 3.63) is 29.3 Å². The summed E-state index contributed by atoms with van der Waals surface area (Å²) in [6.07, 6.45) is 2.61. The van der Waals surface area contributed by atoms with Crippen molar-refractivity contribution in [1.82, 2.24) is 4.90 Å². The molecule has 1 heterocycles. The summed E-state index contributed by atoms with van der Waals surface area (Å²) in [5.41, 5.74) is 4.10. The normalized spacial score (nSPS) is 21.0. The van der Waals surface area contributed by atoms with Gasteiger partial charge >= 0.3 is 0 Å². The first-order valence-corrected chi connectivity index (χ1v) is 7.81. The zero-order valence-electron chi connectivity index (χ0n) is 11.6. The number of piperidine rings is 1. The number of nitrogens with zero attached hydrogens (tertiary/aromatic N) is 2. The van der Waals surface area contributed by atoms with Gasteiger partial charge in [0.1, 0.15) is 0 Å². The molecule has 0 N–H and O–H groups in total. The van der Waals surface area contributed by atoms with E-state index in [9.17, 15) is 0 Å². The van der Waals surface area contributed by atoms with Crippen LogP contribution in [-0.4, -0.2) is 38.1 Å². The molecule has 0 spiro atoms. The third-order valence-electron chi connectivity index (χ3n) is 3.91. The highest BCUT2D eigenvalue weighted by Gasteiger charge is 2.22. The van der Waals surface area contributed by atoms with Gasteiger partial charge in [0.25, 0.3) is 0 Å². The number of anilines is 1. The Kier molecular flexibility index (Phi) is 4.68. The van der Waals surface area contributed by atoms with Crippen LogP contribution < -0.4 is 4.90 Å². The number of benzene rings is 1. The third kappa shape index (κ3) is 3.07. The Labute approximate surface area is 119 Å². The van der Waals surface area contributed by atoms with Crippen LogP contribution in [0.2, 0.25) is 0 Å². The van der Waals surface area contributed by atoms with Gasteiger partial charge in [-0.05, 0) is 45.0 Å². The molecule has 1 aliphatic heterocycles. The van der Waals surface area contributed by atoms with Crippen molar-refractivity contribution in [3.63, 3.8) is 0 Å². The number of halogens is 1. The average molecular weight is 311 g/mol. The second-order valence-corrected chi connectivity index (χ2v) is 6.00. The average Bonchev–Trinajstić information content (AvgIpc) is 2.37. The molecular formula is C15H23BrN2. The Hall–Kier alpha value is -0.540. The molecule has 3 heteroatoms. The highest BCUT2D eigenvalue weighted by molar-refractivity contribution is 9.08. The SMILES string of the molecule is Cc1ccc(N(C)C2CCCN(C)C2)c(CBr)c1. The van der Waals surface area contributed by atoms with E-state index in [4.69, 9.17) is 0 Å². The molecule has 1 fully saturated rings. The summed E-state index contributed by atoms with van der Waals surface area (Å²) in [5, 5.41) is 0.927. The Balaban J connectivity index is 2.19. The Morgan fingerprint density at radius 1 is 1.44 bits per heavy atom. The summed E-state index contributed by atoms with van der Waals surface area (Å²) < 4.78 is 0. The van der Waals surface area contributed by atoms with Gasteiger partial charge in [0.15, 0.2) is 0 Å². The van der Waals surface area contributed by atoms with E-state index in [0.29, 0.717) is 6.04 Å². The lowest BCUT2D eigenvalue weighted by molar-refractivity contribution is 0.248. The summed E-state index contributed by atoms with van der Waals surface area (Å²) in [4.78, 5) is 4.90. The maximum Gasteiger partial charge on any atom is 0.0414 e. The molecule has 18 heavy (non-hydrogen) atoms. The minimum atomic E-state index is 0.643. The van der Waals surface area contributed by atoms with E-state index in [1.54, 1.807) is 0 Å². The van der Waals surface area contributed by atoms with Gasteiger partial charge in [-0.1, -0.05) is 33.6 Å². The van der Waals surface area contributed by atoms with Crippen LogP contribution in [0.3, 0.4) is 0 Å². The van der Waals surface area contributed by atoms with Gasteiger partial charge in [-0.15, -0.1) is 0 Å². The number of alkyl halides is 1. The summed E-state index contributed by atoms with van der Waals surface area (Å²) >= 11 is 3.61. The van der Waals surface area contributed by atoms with Crippen molar-refractivity contribution in [2.24, 2.45) is 0 Å². The lowest BCUT2D eigenvalue weighted by atomic mass is 10.0. The number of likely N-dealkylation sites (tertiary alicyclic amines) is 1. The van der Waals surface area contributed by atoms with E-state index in [1.165, 1.54) is 42.7 Å². The zero-order chi connectivity index (χ0) is 13.1. The number of likely N-dealkylation sites (N-methyl/N-ethyl adjacent to an activating group) is 2. The molecule has 0 aliphatic carbocycles. The Bertz CT molecular complexity index is 405. The first-order valence-electron chi connectivity index (χ1n) is 6.68. The minimum Gasteiger partial charge on any atom is -0.370 e. The van der Waals surface area contributed by atoms with E-state index >= 15 is 0 Å². The second kappa shape index (κ2) is 6.07. The summed E-state index contributed by atoms with van der Waals surface area (Å²) in [5.74, 6) is 0. The Morgan fingerprint density at radius 3 is 2.89 bits per heavy atom. The monoisotopic (exact) mass is 310 g/mol. The van der Waals surface area contributed by atoms with Gasteiger partial charge < -0.3 is 9.80 Å². The second-order valence-electron chi connectivity index (χ2n) is 5.43. The fourth-order valence-electron chi connectivity index (χ4n) is 2.82. The van der Waals surface area contributed by atoms with Gasteiger partial charge in [0.2, 0.25) is 0 Å². The van der Waals surface area contributed by atoms with Crippen LogP contribution in [0.4, 0.5) is 5.69 Å². The summed E-state index contributed by atoms with van der Waals surface area (Å²) in [7, 11) is 4.46. The van der Waals surface area contributed by atoms with Crippen LogP contribution >= 0.6 is 15.9 Å². The molecule has 0 aromatic heterocycles. The quantitative estimate of drug-likeness (QED) is 0.789. The molecular weight excluding hydrogens is 288 g/mol.